The molecule has 2 aromatic rings. The van der Waals surface area contributed by atoms with Gasteiger partial charge in [-0.05, 0) is 51.7 Å². The second kappa shape index (κ2) is 10.7. The summed E-state index contributed by atoms with van der Waals surface area (Å²) in [6.07, 6.45) is 3.01. The monoisotopic (exact) mass is 418 g/mol. The first-order valence-corrected chi connectivity index (χ1v) is 10.0. The lowest BCUT2D eigenvalue weighted by atomic mass is 10.1. The number of alkyl carbamates (subject to hydrolysis) is 1. The third-order valence-electron chi connectivity index (χ3n) is 4.27. The van der Waals surface area contributed by atoms with Crippen molar-refractivity contribution < 1.29 is 28.6 Å². The van der Waals surface area contributed by atoms with Gasteiger partial charge in [-0.15, -0.1) is 0 Å². The van der Waals surface area contributed by atoms with Crippen LogP contribution in [-0.4, -0.2) is 48.6 Å². The number of amides is 1. The van der Waals surface area contributed by atoms with Crippen molar-refractivity contribution in [2.45, 2.75) is 52.1 Å². The summed E-state index contributed by atoms with van der Waals surface area (Å²) in [7, 11) is 1.33. The Balaban J connectivity index is 1.78. The molecule has 0 unspecified atom stereocenters. The molecule has 1 amide bonds. The molecule has 0 aliphatic rings. The molecule has 1 N–H and O–H groups in total. The molecule has 1 aromatic heterocycles. The van der Waals surface area contributed by atoms with Crippen LogP contribution in [0.15, 0.2) is 30.5 Å². The lowest BCUT2D eigenvalue weighted by Gasteiger charge is -2.19. The minimum atomic E-state index is -0.516. The number of unbranched alkanes of at least 4 members (excludes halogenated alkanes) is 2. The number of nitrogens with one attached hydrogen (secondary N) is 1. The molecule has 164 valence electrons. The highest BCUT2D eigenvalue weighted by Gasteiger charge is 2.17. The van der Waals surface area contributed by atoms with Gasteiger partial charge in [0.15, 0.2) is 0 Å². The van der Waals surface area contributed by atoms with Crippen LogP contribution in [0.1, 0.15) is 45.6 Å². The second-order valence-corrected chi connectivity index (χ2v) is 7.90. The summed E-state index contributed by atoms with van der Waals surface area (Å²) in [6, 6.07) is 7.34. The van der Waals surface area contributed by atoms with Crippen molar-refractivity contribution in [3.05, 3.63) is 36.0 Å². The molecule has 0 spiro atoms. The zero-order valence-electron chi connectivity index (χ0n) is 18.0. The number of esters is 1. The Bertz CT molecular complexity index is 881. The van der Waals surface area contributed by atoms with Gasteiger partial charge < -0.3 is 19.5 Å². The number of fused-ring (bicyclic) bond motifs is 1. The van der Waals surface area contributed by atoms with Gasteiger partial charge in [0.25, 0.3) is 0 Å². The van der Waals surface area contributed by atoms with E-state index in [-0.39, 0.29) is 19.0 Å². The number of hydrogen-bond donors (Lipinski definition) is 1. The van der Waals surface area contributed by atoms with Gasteiger partial charge in [0.1, 0.15) is 5.60 Å². The van der Waals surface area contributed by atoms with E-state index in [2.05, 4.69) is 5.32 Å². The SMILES string of the molecule is COC(=O)Cc1cn(C(=O)OCCCCCNC(=O)OC(C)(C)C)c2ccccc12. The Hall–Kier alpha value is -3.03. The number of rotatable bonds is 8. The van der Waals surface area contributed by atoms with Crippen molar-refractivity contribution in [1.82, 2.24) is 9.88 Å². The predicted molar refractivity (Wildman–Crippen MR) is 112 cm³/mol. The summed E-state index contributed by atoms with van der Waals surface area (Å²) in [5.41, 5.74) is 0.878. The van der Waals surface area contributed by atoms with Gasteiger partial charge in [0, 0.05) is 18.1 Å². The molecule has 8 heteroatoms. The molecule has 0 saturated carbocycles. The quantitative estimate of drug-likeness (QED) is 0.395. The van der Waals surface area contributed by atoms with Crippen LogP contribution in [0.4, 0.5) is 9.59 Å². The van der Waals surface area contributed by atoms with Crippen molar-refractivity contribution in [3.8, 4) is 0 Å². The van der Waals surface area contributed by atoms with E-state index in [4.69, 9.17) is 14.2 Å². The third kappa shape index (κ3) is 7.09. The number of carbonyl (C=O) groups is 3. The molecule has 0 radical (unpaired) electrons. The van der Waals surface area contributed by atoms with Crippen molar-refractivity contribution in [2.24, 2.45) is 0 Å². The first kappa shape index (κ1) is 23.3. The molecule has 0 aliphatic heterocycles. The van der Waals surface area contributed by atoms with E-state index in [0.717, 1.165) is 18.2 Å². The van der Waals surface area contributed by atoms with Gasteiger partial charge >= 0.3 is 18.2 Å². The summed E-state index contributed by atoms with van der Waals surface area (Å²) in [5.74, 6) is -0.369. The Kier molecular flexibility index (Phi) is 8.26. The number of hydrogen-bond acceptors (Lipinski definition) is 6. The highest BCUT2D eigenvalue weighted by molar-refractivity contribution is 5.93. The van der Waals surface area contributed by atoms with Crippen LogP contribution in [0, 0.1) is 0 Å². The first-order chi connectivity index (χ1) is 14.2. The number of benzene rings is 1. The van der Waals surface area contributed by atoms with Crippen molar-refractivity contribution in [3.63, 3.8) is 0 Å². The van der Waals surface area contributed by atoms with Crippen LogP contribution in [-0.2, 0) is 25.4 Å². The molecule has 30 heavy (non-hydrogen) atoms. The molecular weight excluding hydrogens is 388 g/mol. The largest absolute Gasteiger partial charge is 0.469 e. The van der Waals surface area contributed by atoms with Gasteiger partial charge in [-0.25, -0.2) is 9.59 Å². The third-order valence-corrected chi connectivity index (χ3v) is 4.27. The minimum absolute atomic E-state index is 0.0853. The maximum Gasteiger partial charge on any atom is 0.418 e. The fourth-order valence-electron chi connectivity index (χ4n) is 2.91. The molecule has 0 bridgehead atoms. The average molecular weight is 418 g/mol. The van der Waals surface area contributed by atoms with Crippen LogP contribution >= 0.6 is 0 Å². The summed E-state index contributed by atoms with van der Waals surface area (Å²) >= 11 is 0. The Labute approximate surface area is 176 Å². The maximum absolute atomic E-state index is 12.5. The molecule has 0 fully saturated rings. The summed E-state index contributed by atoms with van der Waals surface area (Å²) in [4.78, 5) is 35.7. The van der Waals surface area contributed by atoms with Crippen LogP contribution in [0.3, 0.4) is 0 Å². The van der Waals surface area contributed by atoms with Crippen LogP contribution in [0.25, 0.3) is 10.9 Å². The van der Waals surface area contributed by atoms with Crippen molar-refractivity contribution in [1.29, 1.82) is 0 Å². The van der Waals surface area contributed by atoms with Crippen LogP contribution in [0.2, 0.25) is 0 Å². The molecule has 2 rings (SSSR count). The topological polar surface area (TPSA) is 95.9 Å². The maximum atomic E-state index is 12.5. The average Bonchev–Trinajstić information content (AvgIpc) is 3.04. The van der Waals surface area contributed by atoms with E-state index in [0.29, 0.717) is 24.0 Å². The van der Waals surface area contributed by atoms with E-state index < -0.39 is 17.8 Å². The van der Waals surface area contributed by atoms with E-state index >= 15 is 0 Å². The number of ether oxygens (including phenoxy) is 3. The Morgan fingerprint density at radius 1 is 1.07 bits per heavy atom. The molecule has 1 aromatic carbocycles. The molecule has 0 aliphatic carbocycles. The summed E-state index contributed by atoms with van der Waals surface area (Å²) < 4.78 is 16.7. The number of nitrogens with zero attached hydrogens (tertiary/aromatic N) is 1. The van der Waals surface area contributed by atoms with E-state index in [1.807, 2.05) is 39.0 Å². The van der Waals surface area contributed by atoms with Gasteiger partial charge in [0.2, 0.25) is 0 Å². The Morgan fingerprint density at radius 2 is 1.80 bits per heavy atom. The lowest BCUT2D eigenvalue weighted by molar-refractivity contribution is -0.139. The highest BCUT2D eigenvalue weighted by atomic mass is 16.6. The lowest BCUT2D eigenvalue weighted by Crippen LogP contribution is -2.33. The van der Waals surface area contributed by atoms with Gasteiger partial charge in [-0.2, -0.15) is 0 Å². The van der Waals surface area contributed by atoms with Crippen molar-refractivity contribution >= 4 is 29.1 Å². The predicted octanol–water partition coefficient (Wildman–Crippen LogP) is 4.04. The fraction of sp³-hybridized carbons (Fsp3) is 0.500. The van der Waals surface area contributed by atoms with E-state index in [9.17, 15) is 14.4 Å². The highest BCUT2D eigenvalue weighted by Crippen LogP contribution is 2.22. The summed E-state index contributed by atoms with van der Waals surface area (Å²) in [5, 5.41) is 3.51. The number of methoxy groups -OCH3 is 1. The Morgan fingerprint density at radius 3 is 2.50 bits per heavy atom. The van der Waals surface area contributed by atoms with E-state index in [1.165, 1.54) is 11.7 Å². The van der Waals surface area contributed by atoms with Gasteiger partial charge in [0.05, 0.1) is 25.7 Å². The number of para-hydroxylation sites is 1. The molecule has 1 heterocycles. The summed E-state index contributed by atoms with van der Waals surface area (Å²) in [6.45, 7) is 6.21. The standard InChI is InChI=1S/C22H30N2O6/c1-22(2,3)30-20(26)23-12-8-5-9-13-29-21(27)24-15-16(14-19(25)28-4)17-10-6-7-11-18(17)24/h6-7,10-11,15H,5,8-9,12-14H2,1-4H3,(H,23,26). The fourth-order valence-corrected chi connectivity index (χ4v) is 2.91. The number of aromatic nitrogens is 1. The van der Waals surface area contributed by atoms with Crippen LogP contribution in [0.5, 0.6) is 0 Å². The van der Waals surface area contributed by atoms with Crippen LogP contribution < -0.4 is 5.32 Å². The zero-order chi connectivity index (χ0) is 22.1. The zero-order valence-corrected chi connectivity index (χ0v) is 18.0. The van der Waals surface area contributed by atoms with Gasteiger partial charge in [-0.3, -0.25) is 9.36 Å². The molecule has 8 nitrogen and oxygen atoms in total. The first-order valence-electron chi connectivity index (χ1n) is 10.0. The minimum Gasteiger partial charge on any atom is -0.469 e. The normalized spacial score (nSPS) is 11.2. The van der Waals surface area contributed by atoms with Crippen molar-refractivity contribution in [2.75, 3.05) is 20.3 Å². The molecule has 0 saturated heterocycles. The molecular formula is C22H30N2O6. The smallest absolute Gasteiger partial charge is 0.418 e. The van der Waals surface area contributed by atoms with E-state index in [1.54, 1.807) is 12.3 Å². The van der Waals surface area contributed by atoms with Gasteiger partial charge in [-0.1, -0.05) is 18.2 Å². The second-order valence-electron chi connectivity index (χ2n) is 7.90. The number of carbonyl (C=O) groups excluding carboxylic acids is 3. The molecule has 0 atom stereocenters.